The van der Waals surface area contributed by atoms with Gasteiger partial charge in [-0.1, -0.05) is 82.0 Å². The minimum absolute atomic E-state index is 0. The topological polar surface area (TPSA) is 56.7 Å². The van der Waals surface area contributed by atoms with Gasteiger partial charge in [-0.05, 0) is 67.3 Å². The van der Waals surface area contributed by atoms with Crippen LogP contribution in [0.1, 0.15) is 64.8 Å². The molecule has 7 aromatic rings. The van der Waals surface area contributed by atoms with Crippen LogP contribution in [0.2, 0.25) is 19.6 Å². The van der Waals surface area contributed by atoms with Crippen molar-refractivity contribution in [2.75, 3.05) is 0 Å². The van der Waals surface area contributed by atoms with E-state index in [-0.39, 0.29) is 26.1 Å². The molecule has 0 atom stereocenters. The van der Waals surface area contributed by atoms with E-state index in [1.807, 2.05) is 42.5 Å². The molecule has 4 aromatic heterocycles. The van der Waals surface area contributed by atoms with Crippen molar-refractivity contribution in [2.45, 2.75) is 79.6 Å². The number of benzene rings is 3. The summed E-state index contributed by atoms with van der Waals surface area (Å²) in [5, 5.41) is 3.57. The van der Waals surface area contributed by atoms with Crippen molar-refractivity contribution in [2.24, 2.45) is 5.92 Å². The van der Waals surface area contributed by atoms with Gasteiger partial charge in [-0.25, -0.2) is 4.98 Å². The van der Waals surface area contributed by atoms with Crippen LogP contribution in [0.5, 0.6) is 0 Å². The Bertz CT molecular complexity index is 2190. The number of rotatable bonds is 7. The number of furan rings is 1. The molecule has 255 valence electrons. The van der Waals surface area contributed by atoms with Crippen molar-refractivity contribution >= 4 is 46.4 Å². The van der Waals surface area contributed by atoms with Crippen molar-refractivity contribution < 1.29 is 24.5 Å². The molecule has 0 bridgehead atoms. The van der Waals surface area contributed by atoms with Gasteiger partial charge in [0.05, 0.1) is 30.5 Å². The van der Waals surface area contributed by atoms with Gasteiger partial charge in [-0.3, -0.25) is 4.98 Å². The van der Waals surface area contributed by atoms with Gasteiger partial charge in [0.15, 0.2) is 0 Å². The number of nitrogens with zero attached hydrogens (tertiary/aromatic N) is 4. The number of imidazole rings is 1. The fourth-order valence-electron chi connectivity index (χ4n) is 6.35. The van der Waals surface area contributed by atoms with Gasteiger partial charge in [0.1, 0.15) is 0 Å². The van der Waals surface area contributed by atoms with Gasteiger partial charge in [-0.2, -0.15) is 0 Å². The van der Waals surface area contributed by atoms with E-state index in [0.717, 1.165) is 62.1 Å². The maximum atomic E-state index is 6.26. The van der Waals surface area contributed by atoms with Crippen molar-refractivity contribution in [3.8, 4) is 22.6 Å². The third kappa shape index (κ3) is 7.65. The summed E-state index contributed by atoms with van der Waals surface area (Å²) in [6.07, 6.45) is 3.24. The standard InChI is InChI=1S/C24H22N3O.C18H24NSi.Ir/c1-14(2)19-13-12-17-16-8-7-9-18(22(16)28-24(17)26-19)23-25-20-10-5-6-11-21(20)27(23)15(3)4;1-14(2)11-16-12-17(15-9-7-6-8-10-15)19-13-18(16)20(3,4)5;/h5-8,10-15H,1-4H3;6-9,12-14H,11H2,1-5H3;/q2*-1;. The van der Waals surface area contributed by atoms with Gasteiger partial charge < -0.3 is 14.0 Å². The molecule has 7 rings (SSSR count). The maximum absolute atomic E-state index is 6.26. The average molecular weight is 843 g/mol. The molecule has 0 saturated carbocycles. The zero-order chi connectivity index (χ0) is 34.2. The summed E-state index contributed by atoms with van der Waals surface area (Å²) in [4.78, 5) is 14.3. The van der Waals surface area contributed by atoms with E-state index in [9.17, 15) is 0 Å². The molecule has 0 fully saturated rings. The summed E-state index contributed by atoms with van der Waals surface area (Å²) in [7, 11) is -1.34. The zero-order valence-electron chi connectivity index (χ0n) is 30.1. The van der Waals surface area contributed by atoms with E-state index in [4.69, 9.17) is 14.4 Å². The summed E-state index contributed by atoms with van der Waals surface area (Å²) in [5.74, 6) is 1.90. The van der Waals surface area contributed by atoms with Crippen molar-refractivity contribution in [3.05, 3.63) is 108 Å². The van der Waals surface area contributed by atoms with Crippen LogP contribution in [0.4, 0.5) is 0 Å². The fraction of sp³-hybridized carbons (Fsp3) is 0.310. The first-order chi connectivity index (χ1) is 22.9. The summed E-state index contributed by atoms with van der Waals surface area (Å²) in [6, 6.07) is 33.7. The molecule has 0 N–H and O–H groups in total. The molecule has 0 saturated heterocycles. The molecule has 0 spiro atoms. The average Bonchev–Trinajstić information content (AvgIpc) is 3.63. The molecule has 3 aromatic carbocycles. The second-order valence-corrected chi connectivity index (χ2v) is 19.7. The van der Waals surface area contributed by atoms with Crippen LogP contribution in [-0.4, -0.2) is 27.6 Å². The predicted molar refractivity (Wildman–Crippen MR) is 204 cm³/mol. The van der Waals surface area contributed by atoms with E-state index in [2.05, 4.69) is 125 Å². The smallest absolute Gasteiger partial charge is 0.216 e. The summed E-state index contributed by atoms with van der Waals surface area (Å²) in [5.41, 5.74) is 9.09. The summed E-state index contributed by atoms with van der Waals surface area (Å²) < 4.78 is 8.51. The Morgan fingerprint density at radius 2 is 1.57 bits per heavy atom. The zero-order valence-corrected chi connectivity index (χ0v) is 33.4. The van der Waals surface area contributed by atoms with Gasteiger partial charge in [0, 0.05) is 43.4 Å². The number of para-hydroxylation sites is 2. The monoisotopic (exact) mass is 843 g/mol. The van der Waals surface area contributed by atoms with Gasteiger partial charge >= 0.3 is 0 Å². The molecule has 0 aliphatic carbocycles. The fourth-order valence-corrected chi connectivity index (χ4v) is 7.94. The van der Waals surface area contributed by atoms with Crippen LogP contribution in [0.3, 0.4) is 0 Å². The Hall–Kier alpha value is -3.90. The van der Waals surface area contributed by atoms with Crippen LogP contribution in [0.25, 0.3) is 55.7 Å². The first-order valence-corrected chi connectivity index (χ1v) is 20.6. The van der Waals surface area contributed by atoms with Crippen LogP contribution < -0.4 is 5.19 Å². The Kier molecular flexibility index (Phi) is 11.1. The van der Waals surface area contributed by atoms with E-state index in [0.29, 0.717) is 17.5 Å². The number of hydrogen-bond donors (Lipinski definition) is 0. The van der Waals surface area contributed by atoms with Crippen molar-refractivity contribution in [1.82, 2.24) is 19.5 Å². The molecule has 49 heavy (non-hydrogen) atoms. The molecule has 4 heterocycles. The second-order valence-electron chi connectivity index (χ2n) is 14.7. The quantitative estimate of drug-likeness (QED) is 0.118. The molecule has 5 nitrogen and oxygen atoms in total. The van der Waals surface area contributed by atoms with Crippen molar-refractivity contribution in [3.63, 3.8) is 0 Å². The predicted octanol–water partition coefficient (Wildman–Crippen LogP) is 10.8. The van der Waals surface area contributed by atoms with Gasteiger partial charge in [0.2, 0.25) is 5.71 Å². The second kappa shape index (κ2) is 14.9. The number of pyridine rings is 2. The number of hydrogen-bond acceptors (Lipinski definition) is 4. The summed E-state index contributed by atoms with van der Waals surface area (Å²) >= 11 is 0. The van der Waals surface area contributed by atoms with E-state index in [1.165, 1.54) is 10.8 Å². The number of fused-ring (bicyclic) bond motifs is 4. The molecular formula is C42H46IrN4OSi-2. The Labute approximate surface area is 305 Å². The van der Waals surface area contributed by atoms with Gasteiger partial charge in [0.25, 0.3) is 0 Å². The largest absolute Gasteiger partial charge is 0.486 e. The molecular weight excluding hydrogens is 797 g/mol. The number of aromatic nitrogens is 4. The third-order valence-electron chi connectivity index (χ3n) is 8.66. The Balaban J connectivity index is 0.000000199. The minimum Gasteiger partial charge on any atom is -0.486 e. The van der Waals surface area contributed by atoms with Gasteiger partial charge in [-0.15, -0.1) is 54.1 Å². The van der Waals surface area contributed by atoms with E-state index < -0.39 is 8.07 Å². The molecule has 7 heteroatoms. The van der Waals surface area contributed by atoms with Crippen LogP contribution in [0, 0.1) is 18.1 Å². The van der Waals surface area contributed by atoms with Crippen molar-refractivity contribution in [1.29, 1.82) is 0 Å². The van der Waals surface area contributed by atoms with Crippen LogP contribution in [0.15, 0.2) is 89.5 Å². The molecule has 0 aliphatic heterocycles. The van der Waals surface area contributed by atoms with E-state index >= 15 is 0 Å². The van der Waals surface area contributed by atoms with E-state index in [1.54, 1.807) is 0 Å². The first kappa shape index (κ1) is 36.4. The Morgan fingerprint density at radius 1 is 0.816 bits per heavy atom. The SMILES string of the molecule is CC(C)Cc1cc(-c2[c-]cccc2)ncc1[Si](C)(C)C.CC(C)c1ccc2c(n1)oc1c(-c3nc4ccccc4n3C(C)C)[c-]ccc12.[Ir]. The third-order valence-corrected chi connectivity index (χ3v) is 10.7. The molecule has 0 unspecified atom stereocenters. The molecule has 0 amide bonds. The molecule has 1 radical (unpaired) electrons. The maximum Gasteiger partial charge on any atom is 0.216 e. The van der Waals surface area contributed by atoms with Crippen LogP contribution in [-0.2, 0) is 26.5 Å². The van der Waals surface area contributed by atoms with Crippen LogP contribution >= 0.6 is 0 Å². The Morgan fingerprint density at radius 3 is 2.24 bits per heavy atom. The summed E-state index contributed by atoms with van der Waals surface area (Å²) in [6.45, 7) is 20.4. The molecule has 0 aliphatic rings. The minimum atomic E-state index is -1.34. The normalized spacial score (nSPS) is 11.8. The first-order valence-electron chi connectivity index (χ1n) is 17.1.